The molecule has 0 aliphatic carbocycles. The van der Waals surface area contributed by atoms with Crippen molar-refractivity contribution < 1.29 is 9.82 Å². The second kappa shape index (κ2) is 8.28. The van der Waals surface area contributed by atoms with Crippen molar-refractivity contribution >= 4 is 23.3 Å². The summed E-state index contributed by atoms with van der Waals surface area (Å²) in [7, 11) is 4.19. The molecular weight excluding hydrogens is 322 g/mol. The normalized spacial score (nSPS) is 20.8. The number of hydrogen-bond donors (Lipinski definition) is 3. The van der Waals surface area contributed by atoms with E-state index in [0.717, 1.165) is 32.5 Å². The maximum Gasteiger partial charge on any atom is 0.353 e. The largest absolute Gasteiger partial charge is 0.378 e. The van der Waals surface area contributed by atoms with Crippen LogP contribution in [0.15, 0.2) is 0 Å². The van der Waals surface area contributed by atoms with Gasteiger partial charge in [0.1, 0.15) is 0 Å². The van der Waals surface area contributed by atoms with Crippen LogP contribution in [0.25, 0.3) is 0 Å². The Balaban J connectivity index is 2.24. The number of nitrogens with zero attached hydrogens (tertiary/aromatic N) is 4. The first-order valence-corrected chi connectivity index (χ1v) is 8.87. The SMILES string of the molecule is C[C@@H]1C[C@@H](C)CN(c2nc(NCCC[NH+](C)C)nc(N)c2[N+](=O)[O-])C1. The van der Waals surface area contributed by atoms with Crippen molar-refractivity contribution in [2.75, 3.05) is 56.2 Å². The zero-order valence-corrected chi connectivity index (χ0v) is 15.6. The number of hydrogen-bond acceptors (Lipinski definition) is 7. The minimum absolute atomic E-state index is 0.0818. The molecule has 1 aliphatic heterocycles. The molecule has 0 amide bonds. The van der Waals surface area contributed by atoms with Gasteiger partial charge in [0.25, 0.3) is 0 Å². The Labute approximate surface area is 148 Å². The van der Waals surface area contributed by atoms with E-state index in [2.05, 4.69) is 43.2 Å². The number of nitro groups is 1. The zero-order valence-electron chi connectivity index (χ0n) is 15.6. The van der Waals surface area contributed by atoms with Gasteiger partial charge in [0.15, 0.2) is 0 Å². The number of quaternary nitrogens is 1. The number of nitrogens with one attached hydrogen (secondary N) is 2. The lowest BCUT2D eigenvalue weighted by molar-refractivity contribution is -0.858. The predicted molar refractivity (Wildman–Crippen MR) is 99.0 cm³/mol. The molecule has 2 rings (SSSR count). The highest BCUT2D eigenvalue weighted by Crippen LogP contribution is 2.35. The summed E-state index contributed by atoms with van der Waals surface area (Å²) in [5.74, 6) is 1.52. The summed E-state index contributed by atoms with van der Waals surface area (Å²) in [6, 6.07) is 0. The van der Waals surface area contributed by atoms with Gasteiger partial charge >= 0.3 is 5.69 Å². The molecule has 140 valence electrons. The van der Waals surface area contributed by atoms with Crippen LogP contribution in [0.2, 0.25) is 0 Å². The highest BCUT2D eigenvalue weighted by Gasteiger charge is 2.31. The Morgan fingerprint density at radius 1 is 1.32 bits per heavy atom. The minimum atomic E-state index is -0.478. The Morgan fingerprint density at radius 3 is 2.52 bits per heavy atom. The molecule has 1 fully saturated rings. The summed E-state index contributed by atoms with van der Waals surface area (Å²) < 4.78 is 0. The lowest BCUT2D eigenvalue weighted by Gasteiger charge is -2.35. The van der Waals surface area contributed by atoms with Crippen LogP contribution in [0.3, 0.4) is 0 Å². The van der Waals surface area contributed by atoms with Gasteiger partial charge in [-0.1, -0.05) is 13.8 Å². The fraction of sp³-hybridized carbons (Fsp3) is 0.750. The monoisotopic (exact) mass is 352 g/mol. The van der Waals surface area contributed by atoms with Crippen LogP contribution in [0, 0.1) is 22.0 Å². The van der Waals surface area contributed by atoms with Crippen LogP contribution in [0.5, 0.6) is 0 Å². The summed E-state index contributed by atoms with van der Waals surface area (Å²) in [6.45, 7) is 7.51. The van der Waals surface area contributed by atoms with E-state index >= 15 is 0 Å². The Kier molecular flexibility index (Phi) is 6.35. The Hall–Kier alpha value is -2.16. The molecule has 1 aromatic heterocycles. The van der Waals surface area contributed by atoms with Gasteiger partial charge in [0, 0.05) is 26.1 Å². The number of anilines is 3. The van der Waals surface area contributed by atoms with Gasteiger partial charge in [0.05, 0.1) is 25.6 Å². The lowest BCUT2D eigenvalue weighted by atomic mass is 9.92. The highest BCUT2D eigenvalue weighted by molar-refractivity contribution is 5.71. The average molecular weight is 352 g/mol. The topological polar surface area (TPSA) is 115 Å². The molecule has 2 heterocycles. The second-order valence-electron chi connectivity index (χ2n) is 7.45. The van der Waals surface area contributed by atoms with E-state index in [1.807, 2.05) is 4.90 Å². The summed E-state index contributed by atoms with van der Waals surface area (Å²) >= 11 is 0. The molecule has 0 radical (unpaired) electrons. The number of rotatable bonds is 7. The zero-order chi connectivity index (χ0) is 18.6. The van der Waals surface area contributed by atoms with Gasteiger partial charge in [-0.05, 0) is 18.3 Å². The van der Waals surface area contributed by atoms with Crippen molar-refractivity contribution in [1.29, 1.82) is 0 Å². The van der Waals surface area contributed by atoms with Crippen LogP contribution in [-0.4, -0.2) is 55.2 Å². The number of nitrogen functional groups attached to an aromatic ring is 1. The van der Waals surface area contributed by atoms with Crippen molar-refractivity contribution in [3.05, 3.63) is 10.1 Å². The third-order valence-corrected chi connectivity index (χ3v) is 4.38. The minimum Gasteiger partial charge on any atom is -0.378 e. The van der Waals surface area contributed by atoms with E-state index in [-0.39, 0.29) is 11.5 Å². The standard InChI is InChI=1S/C16H29N7O2/c1-11-8-12(2)10-22(9-11)15-13(23(24)25)14(17)19-16(20-15)18-6-5-7-21(3)4/h11-12H,5-10H2,1-4H3,(H3,17,18,19,20)/p+1/t11-,12-/m1/s1. The molecule has 0 unspecified atom stereocenters. The first kappa shape index (κ1) is 19.2. The smallest absolute Gasteiger partial charge is 0.353 e. The fourth-order valence-electron chi connectivity index (χ4n) is 3.41. The molecule has 9 heteroatoms. The van der Waals surface area contributed by atoms with E-state index < -0.39 is 4.92 Å². The predicted octanol–water partition coefficient (Wildman–Crippen LogP) is 0.396. The van der Waals surface area contributed by atoms with Crippen molar-refractivity contribution in [3.8, 4) is 0 Å². The van der Waals surface area contributed by atoms with Crippen molar-refractivity contribution in [1.82, 2.24) is 9.97 Å². The van der Waals surface area contributed by atoms with E-state index in [9.17, 15) is 10.1 Å². The van der Waals surface area contributed by atoms with Crippen LogP contribution in [0.4, 0.5) is 23.3 Å². The first-order valence-electron chi connectivity index (χ1n) is 8.87. The molecule has 4 N–H and O–H groups in total. The van der Waals surface area contributed by atoms with Crippen molar-refractivity contribution in [2.45, 2.75) is 26.7 Å². The molecular formula is C16H30N7O2+. The van der Waals surface area contributed by atoms with Gasteiger partial charge in [-0.3, -0.25) is 10.1 Å². The van der Waals surface area contributed by atoms with Crippen LogP contribution in [-0.2, 0) is 0 Å². The summed E-state index contributed by atoms with van der Waals surface area (Å²) in [6.07, 6.45) is 2.07. The number of aromatic nitrogens is 2. The molecule has 0 spiro atoms. The third kappa shape index (κ3) is 5.15. The lowest BCUT2D eigenvalue weighted by Crippen LogP contribution is -3.05. The molecule has 1 saturated heterocycles. The quantitative estimate of drug-likeness (QED) is 0.369. The molecule has 0 bridgehead atoms. The van der Waals surface area contributed by atoms with Gasteiger partial charge in [-0.15, -0.1) is 0 Å². The van der Waals surface area contributed by atoms with E-state index in [4.69, 9.17) is 5.73 Å². The molecule has 2 atom stereocenters. The third-order valence-electron chi connectivity index (χ3n) is 4.38. The highest BCUT2D eigenvalue weighted by atomic mass is 16.6. The van der Waals surface area contributed by atoms with E-state index in [0.29, 0.717) is 30.1 Å². The van der Waals surface area contributed by atoms with E-state index in [1.165, 1.54) is 4.90 Å². The summed E-state index contributed by atoms with van der Waals surface area (Å²) in [5.41, 5.74) is 5.70. The molecule has 1 aromatic rings. The average Bonchev–Trinajstić information content (AvgIpc) is 2.49. The fourth-order valence-corrected chi connectivity index (χ4v) is 3.41. The maximum absolute atomic E-state index is 11.5. The molecule has 0 saturated carbocycles. The maximum atomic E-state index is 11.5. The molecule has 0 aromatic carbocycles. The Morgan fingerprint density at radius 2 is 1.96 bits per heavy atom. The number of nitrogens with two attached hydrogens (primary N) is 1. The molecule has 1 aliphatic rings. The van der Waals surface area contributed by atoms with E-state index in [1.54, 1.807) is 0 Å². The van der Waals surface area contributed by atoms with Crippen molar-refractivity contribution in [3.63, 3.8) is 0 Å². The van der Waals surface area contributed by atoms with Gasteiger partial charge < -0.3 is 20.9 Å². The van der Waals surface area contributed by atoms with Gasteiger partial charge in [0.2, 0.25) is 17.6 Å². The summed E-state index contributed by atoms with van der Waals surface area (Å²) in [4.78, 5) is 22.9. The molecule has 9 nitrogen and oxygen atoms in total. The Bertz CT molecular complexity index is 598. The van der Waals surface area contributed by atoms with Crippen molar-refractivity contribution in [2.24, 2.45) is 11.8 Å². The second-order valence-corrected chi connectivity index (χ2v) is 7.45. The summed E-state index contributed by atoms with van der Waals surface area (Å²) in [5, 5.41) is 14.6. The van der Waals surface area contributed by atoms with Gasteiger partial charge in [-0.25, -0.2) is 0 Å². The van der Waals surface area contributed by atoms with Crippen LogP contribution in [0.1, 0.15) is 26.7 Å². The first-order chi connectivity index (χ1) is 11.8. The molecule has 25 heavy (non-hydrogen) atoms. The number of piperidine rings is 1. The van der Waals surface area contributed by atoms with Crippen LogP contribution >= 0.6 is 0 Å². The van der Waals surface area contributed by atoms with Gasteiger partial charge in [-0.2, -0.15) is 9.97 Å². The van der Waals surface area contributed by atoms with Crippen LogP contribution < -0.4 is 20.9 Å².